The molecule has 0 bridgehead atoms. The number of thiophene rings is 1. The van der Waals surface area contributed by atoms with E-state index in [-0.39, 0.29) is 12.3 Å². The molecular formula is C21H21N5OS. The van der Waals surface area contributed by atoms with Crippen LogP contribution >= 0.6 is 11.3 Å². The Morgan fingerprint density at radius 3 is 2.57 bits per heavy atom. The van der Waals surface area contributed by atoms with Gasteiger partial charge in [-0.25, -0.2) is 14.6 Å². The number of aryl methyl sites for hydroxylation is 3. The maximum atomic E-state index is 12.6. The van der Waals surface area contributed by atoms with Crippen LogP contribution in [0.3, 0.4) is 0 Å². The van der Waals surface area contributed by atoms with Gasteiger partial charge in [-0.15, -0.1) is 11.3 Å². The maximum Gasteiger partial charge on any atom is 0.251 e. The topological polar surface area (TPSA) is 72.7 Å². The molecule has 0 radical (unpaired) electrons. The van der Waals surface area contributed by atoms with Gasteiger partial charge in [-0.3, -0.25) is 4.79 Å². The number of aromatic nitrogens is 4. The van der Waals surface area contributed by atoms with Crippen molar-refractivity contribution < 1.29 is 4.79 Å². The van der Waals surface area contributed by atoms with Crippen LogP contribution < -0.4 is 5.32 Å². The van der Waals surface area contributed by atoms with Crippen molar-refractivity contribution >= 4 is 33.0 Å². The summed E-state index contributed by atoms with van der Waals surface area (Å²) >= 11 is 1.69. The minimum atomic E-state index is -0.0679. The zero-order valence-corrected chi connectivity index (χ0v) is 17.1. The van der Waals surface area contributed by atoms with Gasteiger partial charge in [-0.05, 0) is 68.8 Å². The maximum absolute atomic E-state index is 12.6. The Balaban J connectivity index is 1.57. The van der Waals surface area contributed by atoms with Crippen molar-refractivity contribution in [1.29, 1.82) is 0 Å². The van der Waals surface area contributed by atoms with Gasteiger partial charge in [0.2, 0.25) is 5.91 Å². The lowest BCUT2D eigenvalue weighted by Crippen LogP contribution is -2.15. The van der Waals surface area contributed by atoms with Crippen molar-refractivity contribution in [3.05, 3.63) is 64.1 Å². The number of benzene rings is 1. The van der Waals surface area contributed by atoms with Crippen LogP contribution in [0.5, 0.6) is 0 Å². The summed E-state index contributed by atoms with van der Waals surface area (Å²) in [5, 5.41) is 10.7. The lowest BCUT2D eigenvalue weighted by molar-refractivity contribution is -0.115. The molecule has 0 aliphatic heterocycles. The average molecular weight is 392 g/mol. The fourth-order valence-corrected chi connectivity index (χ4v) is 4.11. The Morgan fingerprint density at radius 2 is 1.82 bits per heavy atom. The molecule has 142 valence electrons. The first-order valence-electron chi connectivity index (χ1n) is 9.05. The molecule has 4 rings (SSSR count). The van der Waals surface area contributed by atoms with Crippen LogP contribution in [0, 0.1) is 27.7 Å². The third kappa shape index (κ3) is 3.53. The van der Waals surface area contributed by atoms with Crippen LogP contribution in [-0.4, -0.2) is 25.7 Å². The molecule has 1 N–H and O–H groups in total. The van der Waals surface area contributed by atoms with Gasteiger partial charge in [-0.2, -0.15) is 5.10 Å². The van der Waals surface area contributed by atoms with Crippen molar-refractivity contribution in [3.8, 4) is 5.95 Å². The van der Waals surface area contributed by atoms with E-state index in [1.54, 1.807) is 16.0 Å². The molecule has 0 aliphatic rings. The summed E-state index contributed by atoms with van der Waals surface area (Å²) in [4.78, 5) is 21.6. The number of carbonyl (C=O) groups is 1. The van der Waals surface area contributed by atoms with E-state index in [0.29, 0.717) is 5.95 Å². The van der Waals surface area contributed by atoms with Crippen molar-refractivity contribution in [3.63, 3.8) is 0 Å². The normalized spacial score (nSPS) is 11.1. The van der Waals surface area contributed by atoms with E-state index >= 15 is 0 Å². The molecule has 0 unspecified atom stereocenters. The first-order valence-corrected chi connectivity index (χ1v) is 9.93. The largest absolute Gasteiger partial charge is 0.326 e. The fourth-order valence-electron chi connectivity index (χ4n) is 3.34. The summed E-state index contributed by atoms with van der Waals surface area (Å²) in [7, 11) is 0. The van der Waals surface area contributed by atoms with E-state index in [1.165, 1.54) is 4.70 Å². The van der Waals surface area contributed by atoms with Crippen molar-refractivity contribution in [2.75, 3.05) is 5.32 Å². The third-order valence-corrected chi connectivity index (χ3v) is 5.57. The second-order valence-electron chi connectivity index (χ2n) is 6.91. The van der Waals surface area contributed by atoms with Crippen LogP contribution in [0.15, 0.2) is 35.7 Å². The number of nitrogens with zero attached hydrogens (tertiary/aromatic N) is 4. The molecule has 1 amide bonds. The van der Waals surface area contributed by atoms with Crippen LogP contribution in [0.1, 0.15) is 28.3 Å². The summed E-state index contributed by atoms with van der Waals surface area (Å²) in [6.45, 7) is 7.72. The SMILES string of the molecule is Cc1cc(C)nc(-n2nc(C)c(CC(=O)Nc3ccc4sccc4c3)c2C)n1. The zero-order valence-electron chi connectivity index (χ0n) is 16.3. The highest BCUT2D eigenvalue weighted by molar-refractivity contribution is 7.17. The summed E-state index contributed by atoms with van der Waals surface area (Å²) in [6, 6.07) is 9.94. The highest BCUT2D eigenvalue weighted by Crippen LogP contribution is 2.24. The second-order valence-corrected chi connectivity index (χ2v) is 7.86. The van der Waals surface area contributed by atoms with Crippen LogP contribution in [0.2, 0.25) is 0 Å². The predicted octanol–water partition coefficient (Wildman–Crippen LogP) is 4.29. The van der Waals surface area contributed by atoms with Gasteiger partial charge in [-0.1, -0.05) is 0 Å². The summed E-state index contributed by atoms with van der Waals surface area (Å²) in [5.41, 5.74) is 5.17. The Hall–Kier alpha value is -3.06. The van der Waals surface area contributed by atoms with Gasteiger partial charge in [0.25, 0.3) is 5.95 Å². The Labute approximate surface area is 167 Å². The van der Waals surface area contributed by atoms with Crippen molar-refractivity contribution in [2.45, 2.75) is 34.1 Å². The second kappa shape index (κ2) is 7.16. The van der Waals surface area contributed by atoms with Gasteiger partial charge in [0, 0.05) is 33.0 Å². The summed E-state index contributed by atoms with van der Waals surface area (Å²) in [5.74, 6) is 0.467. The molecule has 0 spiro atoms. The summed E-state index contributed by atoms with van der Waals surface area (Å²) < 4.78 is 2.93. The fraction of sp³-hybridized carbons (Fsp3) is 0.238. The molecule has 3 heterocycles. The molecule has 4 aromatic rings. The number of carbonyl (C=O) groups excluding carboxylic acids is 1. The molecule has 7 heteroatoms. The summed E-state index contributed by atoms with van der Waals surface area (Å²) in [6.07, 6.45) is 0.254. The zero-order chi connectivity index (χ0) is 19.8. The molecule has 0 fully saturated rings. The number of rotatable bonds is 4. The molecule has 0 aliphatic carbocycles. The first kappa shape index (κ1) is 18.3. The first-order chi connectivity index (χ1) is 13.4. The standard InChI is InChI=1S/C21H21N5OS/c1-12-9-13(2)23-21(22-12)26-15(4)18(14(3)25-26)11-20(27)24-17-5-6-19-16(10-17)7-8-28-19/h5-10H,11H2,1-4H3,(H,24,27). The van der Waals surface area contributed by atoms with Crippen LogP contribution in [-0.2, 0) is 11.2 Å². The highest BCUT2D eigenvalue weighted by atomic mass is 32.1. The Morgan fingerprint density at radius 1 is 1.07 bits per heavy atom. The number of hydrogen-bond acceptors (Lipinski definition) is 5. The third-order valence-electron chi connectivity index (χ3n) is 4.67. The highest BCUT2D eigenvalue weighted by Gasteiger charge is 2.18. The van der Waals surface area contributed by atoms with E-state index in [1.807, 2.05) is 57.3 Å². The van der Waals surface area contributed by atoms with Crippen LogP contribution in [0.25, 0.3) is 16.0 Å². The molecule has 1 aromatic carbocycles. The number of nitrogens with one attached hydrogen (secondary N) is 1. The lowest BCUT2D eigenvalue weighted by Gasteiger charge is -2.07. The Kier molecular flexibility index (Phi) is 4.68. The molecule has 0 atom stereocenters. The van der Waals surface area contributed by atoms with Crippen molar-refractivity contribution in [1.82, 2.24) is 19.7 Å². The number of fused-ring (bicyclic) bond motifs is 1. The molecule has 0 saturated heterocycles. The van der Waals surface area contributed by atoms with Gasteiger partial charge in [0.1, 0.15) is 0 Å². The van der Waals surface area contributed by atoms with Crippen molar-refractivity contribution in [2.24, 2.45) is 0 Å². The van der Waals surface area contributed by atoms with E-state index in [0.717, 1.165) is 39.4 Å². The average Bonchev–Trinajstić information content (AvgIpc) is 3.20. The smallest absolute Gasteiger partial charge is 0.251 e. The number of hydrogen-bond donors (Lipinski definition) is 1. The molecule has 6 nitrogen and oxygen atoms in total. The van der Waals surface area contributed by atoms with E-state index in [2.05, 4.69) is 26.4 Å². The monoisotopic (exact) mass is 391 g/mol. The molecule has 3 aromatic heterocycles. The molecule has 28 heavy (non-hydrogen) atoms. The van der Waals surface area contributed by atoms with Gasteiger partial charge in [0.15, 0.2) is 0 Å². The quantitative estimate of drug-likeness (QED) is 0.563. The van der Waals surface area contributed by atoms with Gasteiger partial charge in [0.05, 0.1) is 12.1 Å². The molecular weight excluding hydrogens is 370 g/mol. The van der Waals surface area contributed by atoms with E-state index < -0.39 is 0 Å². The predicted molar refractivity (Wildman–Crippen MR) is 112 cm³/mol. The van der Waals surface area contributed by atoms with E-state index in [9.17, 15) is 4.79 Å². The van der Waals surface area contributed by atoms with Gasteiger partial charge >= 0.3 is 0 Å². The van der Waals surface area contributed by atoms with Crippen LogP contribution in [0.4, 0.5) is 5.69 Å². The Bertz CT molecular complexity index is 1170. The number of amides is 1. The minimum Gasteiger partial charge on any atom is -0.326 e. The minimum absolute atomic E-state index is 0.0679. The van der Waals surface area contributed by atoms with E-state index in [4.69, 9.17) is 0 Å². The lowest BCUT2D eigenvalue weighted by atomic mass is 10.1. The van der Waals surface area contributed by atoms with Gasteiger partial charge < -0.3 is 5.32 Å². The number of anilines is 1. The molecule has 0 saturated carbocycles.